The third-order valence-corrected chi connectivity index (χ3v) is 2.00. The molecular weight excluding hydrogens is 220 g/mol. The van der Waals surface area contributed by atoms with Crippen LogP contribution in [0.5, 0.6) is 0 Å². The van der Waals surface area contributed by atoms with Crippen LogP contribution in [-0.2, 0) is 9.59 Å². The van der Waals surface area contributed by atoms with E-state index in [1.54, 1.807) is 6.08 Å². The van der Waals surface area contributed by atoms with E-state index in [0.29, 0.717) is 0 Å². The first-order chi connectivity index (χ1) is 8.22. The van der Waals surface area contributed by atoms with E-state index in [1.807, 2.05) is 30.3 Å². The van der Waals surface area contributed by atoms with Gasteiger partial charge in [0.05, 0.1) is 0 Å². The molecule has 0 fully saturated rings. The Balaban J connectivity index is 2.30. The summed E-state index contributed by atoms with van der Waals surface area (Å²) in [6.07, 6.45) is 3.12. The number of hydroxylamine groups is 1. The Kier molecular flexibility index (Phi) is 5.46. The molecule has 1 aromatic rings. The average Bonchev–Trinajstić information content (AvgIpc) is 2.37. The fourth-order valence-electron chi connectivity index (χ4n) is 1.15. The van der Waals surface area contributed by atoms with Crippen LogP contribution in [0.1, 0.15) is 12.0 Å². The molecule has 90 valence electrons. The molecule has 5 heteroatoms. The van der Waals surface area contributed by atoms with E-state index >= 15 is 0 Å². The van der Waals surface area contributed by atoms with Crippen LogP contribution in [0.4, 0.5) is 0 Å². The quantitative estimate of drug-likeness (QED) is 0.399. The normalized spacial score (nSPS) is 10.2. The van der Waals surface area contributed by atoms with Crippen LogP contribution in [0, 0.1) is 0 Å². The minimum atomic E-state index is -0.530. The summed E-state index contributed by atoms with van der Waals surface area (Å²) >= 11 is 0. The van der Waals surface area contributed by atoms with Crippen molar-refractivity contribution < 1.29 is 14.8 Å². The van der Waals surface area contributed by atoms with E-state index in [4.69, 9.17) is 5.21 Å². The maximum Gasteiger partial charge on any atom is 0.245 e. The minimum Gasteiger partial charge on any atom is -0.352 e. The number of amides is 2. The third kappa shape index (κ3) is 5.48. The number of carbonyl (C=O) groups excluding carboxylic acids is 2. The van der Waals surface area contributed by atoms with Crippen molar-refractivity contribution in [3.8, 4) is 0 Å². The lowest BCUT2D eigenvalue weighted by Crippen LogP contribution is -2.28. The molecule has 1 rings (SSSR count). The summed E-state index contributed by atoms with van der Waals surface area (Å²) in [7, 11) is 0. The molecule has 0 aliphatic rings. The second kappa shape index (κ2) is 7.19. The maximum absolute atomic E-state index is 11.3. The van der Waals surface area contributed by atoms with Crippen molar-refractivity contribution in [2.24, 2.45) is 0 Å². The predicted molar refractivity (Wildman–Crippen MR) is 63.0 cm³/mol. The number of nitrogens with one attached hydrogen (secondary N) is 2. The van der Waals surface area contributed by atoms with Crippen molar-refractivity contribution in [3.63, 3.8) is 0 Å². The summed E-state index contributed by atoms with van der Waals surface area (Å²) in [5.74, 6) is -0.808. The molecule has 0 radical (unpaired) electrons. The molecule has 1 aromatic carbocycles. The summed E-state index contributed by atoms with van der Waals surface area (Å²) in [5.41, 5.74) is 2.41. The molecule has 0 aromatic heterocycles. The Morgan fingerprint density at radius 3 is 2.59 bits per heavy atom. The molecule has 0 unspecified atom stereocenters. The molecule has 0 heterocycles. The fraction of sp³-hybridized carbons (Fsp3) is 0.167. The van der Waals surface area contributed by atoms with Crippen molar-refractivity contribution in [2.75, 3.05) is 6.54 Å². The average molecular weight is 234 g/mol. The Hall–Kier alpha value is -2.14. The predicted octanol–water partition coefficient (Wildman–Crippen LogP) is 0.712. The van der Waals surface area contributed by atoms with Gasteiger partial charge in [0.25, 0.3) is 0 Å². The molecule has 0 aliphatic heterocycles. The van der Waals surface area contributed by atoms with Crippen LogP contribution >= 0.6 is 0 Å². The minimum absolute atomic E-state index is 0.0431. The molecular formula is C12H14N2O3. The van der Waals surface area contributed by atoms with E-state index in [2.05, 4.69) is 5.32 Å². The van der Waals surface area contributed by atoms with Crippen LogP contribution in [0.3, 0.4) is 0 Å². The molecule has 5 nitrogen and oxygen atoms in total. The molecule has 3 N–H and O–H groups in total. The Bertz CT molecular complexity index is 401. The van der Waals surface area contributed by atoms with Crippen LogP contribution < -0.4 is 10.8 Å². The molecule has 0 saturated carbocycles. The highest BCUT2D eigenvalue weighted by Gasteiger charge is 1.99. The van der Waals surface area contributed by atoms with Crippen LogP contribution in [0.25, 0.3) is 6.08 Å². The number of rotatable bonds is 5. The summed E-state index contributed by atoms with van der Waals surface area (Å²) in [6.45, 7) is 0.185. The second-order valence-corrected chi connectivity index (χ2v) is 3.32. The van der Waals surface area contributed by atoms with Crippen molar-refractivity contribution >= 4 is 17.9 Å². The van der Waals surface area contributed by atoms with Gasteiger partial charge in [-0.3, -0.25) is 14.8 Å². The molecule has 0 aliphatic carbocycles. The van der Waals surface area contributed by atoms with Crippen LogP contribution in [0.2, 0.25) is 0 Å². The monoisotopic (exact) mass is 234 g/mol. The second-order valence-electron chi connectivity index (χ2n) is 3.32. The molecule has 2 amide bonds. The molecule has 0 atom stereocenters. The Labute approximate surface area is 99.1 Å². The molecule has 17 heavy (non-hydrogen) atoms. The third-order valence-electron chi connectivity index (χ3n) is 2.00. The molecule has 0 bridgehead atoms. The van der Waals surface area contributed by atoms with Gasteiger partial charge in [-0.05, 0) is 11.6 Å². The first kappa shape index (κ1) is 12.9. The van der Waals surface area contributed by atoms with Gasteiger partial charge in [0.2, 0.25) is 11.8 Å². The summed E-state index contributed by atoms with van der Waals surface area (Å²) in [5, 5.41) is 10.7. The van der Waals surface area contributed by atoms with E-state index in [1.165, 1.54) is 11.6 Å². The van der Waals surface area contributed by atoms with Gasteiger partial charge in [-0.1, -0.05) is 30.3 Å². The molecule has 0 spiro atoms. The lowest BCUT2D eigenvalue weighted by atomic mass is 10.2. The van der Waals surface area contributed by atoms with E-state index in [-0.39, 0.29) is 18.9 Å². The zero-order valence-electron chi connectivity index (χ0n) is 9.22. The number of hydrogen-bond acceptors (Lipinski definition) is 3. The van der Waals surface area contributed by atoms with Gasteiger partial charge in [-0.25, -0.2) is 5.48 Å². The smallest absolute Gasteiger partial charge is 0.245 e. The van der Waals surface area contributed by atoms with Gasteiger partial charge >= 0.3 is 0 Å². The fourth-order valence-corrected chi connectivity index (χ4v) is 1.15. The highest BCUT2D eigenvalue weighted by molar-refractivity contribution is 5.91. The Morgan fingerprint density at radius 2 is 1.94 bits per heavy atom. The van der Waals surface area contributed by atoms with Gasteiger partial charge in [0, 0.05) is 19.0 Å². The molecule has 0 saturated heterocycles. The SMILES string of the molecule is O=C(C=Cc1ccccc1)NCCC(=O)NO. The zero-order chi connectivity index (χ0) is 12.5. The van der Waals surface area contributed by atoms with Crippen molar-refractivity contribution in [1.82, 2.24) is 10.8 Å². The topological polar surface area (TPSA) is 78.4 Å². The first-order valence-corrected chi connectivity index (χ1v) is 5.16. The maximum atomic E-state index is 11.3. The van der Waals surface area contributed by atoms with Gasteiger partial charge in [0.15, 0.2) is 0 Å². The van der Waals surface area contributed by atoms with Crippen molar-refractivity contribution in [1.29, 1.82) is 0 Å². The number of carbonyl (C=O) groups is 2. The van der Waals surface area contributed by atoms with Gasteiger partial charge in [-0.2, -0.15) is 0 Å². The van der Waals surface area contributed by atoms with Crippen molar-refractivity contribution in [3.05, 3.63) is 42.0 Å². The van der Waals surface area contributed by atoms with E-state index < -0.39 is 5.91 Å². The standard InChI is InChI=1S/C12H14N2O3/c15-11(13-9-8-12(16)14-17)7-6-10-4-2-1-3-5-10/h1-7,17H,8-9H2,(H,13,15)(H,14,16). The van der Waals surface area contributed by atoms with Gasteiger partial charge in [-0.15, -0.1) is 0 Å². The van der Waals surface area contributed by atoms with E-state index in [9.17, 15) is 9.59 Å². The van der Waals surface area contributed by atoms with Crippen LogP contribution in [-0.4, -0.2) is 23.6 Å². The van der Waals surface area contributed by atoms with Crippen molar-refractivity contribution in [2.45, 2.75) is 6.42 Å². The first-order valence-electron chi connectivity index (χ1n) is 5.16. The summed E-state index contributed by atoms with van der Waals surface area (Å²) < 4.78 is 0. The summed E-state index contributed by atoms with van der Waals surface area (Å²) in [6, 6.07) is 9.41. The largest absolute Gasteiger partial charge is 0.352 e. The van der Waals surface area contributed by atoms with E-state index in [0.717, 1.165) is 5.56 Å². The van der Waals surface area contributed by atoms with Crippen LogP contribution in [0.15, 0.2) is 36.4 Å². The highest BCUT2D eigenvalue weighted by atomic mass is 16.5. The zero-order valence-corrected chi connectivity index (χ0v) is 9.22. The number of hydrogen-bond donors (Lipinski definition) is 3. The van der Waals surface area contributed by atoms with Gasteiger partial charge < -0.3 is 5.32 Å². The lowest BCUT2D eigenvalue weighted by Gasteiger charge is -2.00. The Morgan fingerprint density at radius 1 is 1.24 bits per heavy atom. The lowest BCUT2D eigenvalue weighted by molar-refractivity contribution is -0.129. The summed E-state index contributed by atoms with van der Waals surface area (Å²) in [4.78, 5) is 21.9. The number of benzene rings is 1. The highest BCUT2D eigenvalue weighted by Crippen LogP contribution is 2.00. The van der Waals surface area contributed by atoms with Gasteiger partial charge in [0.1, 0.15) is 0 Å².